The van der Waals surface area contributed by atoms with E-state index in [1.807, 2.05) is 23.5 Å². The highest BCUT2D eigenvalue weighted by Crippen LogP contribution is 2.45. The first kappa shape index (κ1) is 9.47. The van der Waals surface area contributed by atoms with E-state index in [9.17, 15) is 0 Å². The Labute approximate surface area is 88.5 Å². The molecule has 2 heteroatoms. The molecule has 0 aliphatic carbocycles. The van der Waals surface area contributed by atoms with E-state index in [-0.39, 0.29) is 0 Å². The Kier molecular flexibility index (Phi) is 3.23. The third-order valence-corrected chi connectivity index (χ3v) is 3.94. The second-order valence-corrected chi connectivity index (χ2v) is 6.08. The molecular formula is C11H14S2. The largest absolute Gasteiger partial charge is 0.157 e. The van der Waals surface area contributed by atoms with Gasteiger partial charge in [0.15, 0.2) is 0 Å². The highest BCUT2D eigenvalue weighted by molar-refractivity contribution is 8.06. The van der Waals surface area contributed by atoms with E-state index in [4.69, 9.17) is 0 Å². The van der Waals surface area contributed by atoms with Gasteiger partial charge in [-0.25, -0.2) is 0 Å². The quantitative estimate of drug-likeness (QED) is 0.650. The van der Waals surface area contributed by atoms with Crippen molar-refractivity contribution in [3.05, 3.63) is 35.9 Å². The van der Waals surface area contributed by atoms with Crippen LogP contribution in [0.15, 0.2) is 30.3 Å². The molecule has 1 aromatic carbocycles. The van der Waals surface area contributed by atoms with Crippen molar-refractivity contribution in [1.29, 1.82) is 0 Å². The maximum atomic E-state index is 2.24. The lowest BCUT2D eigenvalue weighted by atomic mass is 10.2. The molecule has 0 radical (unpaired) electrons. The molecule has 2 aliphatic rings. The number of hydrogen-bond donors (Lipinski definition) is 0. The lowest BCUT2D eigenvalue weighted by Crippen LogP contribution is -1.74. The molecule has 2 heterocycles. The van der Waals surface area contributed by atoms with Crippen molar-refractivity contribution >= 4 is 23.5 Å². The molecule has 1 aromatic rings. The lowest BCUT2D eigenvalue weighted by Gasteiger charge is -1.90. The standard InChI is InChI=1S/C8H8S.C3H6S/c1-2-4-7(5-3-1)8-6-9-8;1-3-2-4-3/h1-5,8H,6H2;3H,2H2,1H3. The fraction of sp³-hybridized carbons (Fsp3) is 0.455. The summed E-state index contributed by atoms with van der Waals surface area (Å²) in [6.07, 6.45) is 0. The van der Waals surface area contributed by atoms with E-state index in [0.29, 0.717) is 0 Å². The van der Waals surface area contributed by atoms with E-state index in [1.165, 1.54) is 17.1 Å². The molecule has 0 bridgehead atoms. The predicted molar refractivity (Wildman–Crippen MR) is 63.6 cm³/mol. The van der Waals surface area contributed by atoms with Crippen LogP contribution in [-0.2, 0) is 0 Å². The summed E-state index contributed by atoms with van der Waals surface area (Å²) in [5, 5.41) is 1.83. The number of hydrogen-bond acceptors (Lipinski definition) is 2. The molecule has 3 rings (SSSR count). The summed E-state index contributed by atoms with van der Waals surface area (Å²) in [7, 11) is 0. The van der Waals surface area contributed by atoms with Gasteiger partial charge >= 0.3 is 0 Å². The molecule has 2 saturated heterocycles. The van der Waals surface area contributed by atoms with Crippen LogP contribution in [0.3, 0.4) is 0 Å². The van der Waals surface area contributed by atoms with Crippen molar-refractivity contribution in [2.45, 2.75) is 17.4 Å². The molecule has 13 heavy (non-hydrogen) atoms. The summed E-state index contributed by atoms with van der Waals surface area (Å²) in [6, 6.07) is 10.7. The van der Waals surface area contributed by atoms with E-state index in [2.05, 4.69) is 37.3 Å². The van der Waals surface area contributed by atoms with Crippen LogP contribution < -0.4 is 0 Å². The van der Waals surface area contributed by atoms with Gasteiger partial charge in [0.25, 0.3) is 0 Å². The minimum atomic E-state index is 0.825. The number of benzene rings is 1. The zero-order valence-corrected chi connectivity index (χ0v) is 9.41. The Hall–Kier alpha value is -0.0800. The molecule has 0 spiro atoms. The molecule has 2 unspecified atom stereocenters. The lowest BCUT2D eigenvalue weighted by molar-refractivity contribution is 1.23. The molecule has 0 N–H and O–H groups in total. The van der Waals surface area contributed by atoms with Crippen LogP contribution in [0.2, 0.25) is 0 Å². The third kappa shape index (κ3) is 3.65. The minimum Gasteiger partial charge on any atom is -0.157 e. The van der Waals surface area contributed by atoms with Gasteiger partial charge in [-0.3, -0.25) is 0 Å². The van der Waals surface area contributed by atoms with Gasteiger partial charge in [-0.2, -0.15) is 23.5 Å². The SMILES string of the molecule is CC1CS1.c1ccc(C2CS2)cc1. The summed E-state index contributed by atoms with van der Waals surface area (Å²) in [6.45, 7) is 2.24. The maximum Gasteiger partial charge on any atom is 0.0388 e. The fourth-order valence-electron chi connectivity index (χ4n) is 1.00. The van der Waals surface area contributed by atoms with Crippen LogP contribution in [0.1, 0.15) is 17.7 Å². The Morgan fingerprint density at radius 1 is 1.08 bits per heavy atom. The van der Waals surface area contributed by atoms with E-state index >= 15 is 0 Å². The van der Waals surface area contributed by atoms with Crippen molar-refractivity contribution in [1.82, 2.24) is 0 Å². The average molecular weight is 210 g/mol. The summed E-state index contributed by atoms with van der Waals surface area (Å²) in [4.78, 5) is 0. The third-order valence-electron chi connectivity index (χ3n) is 2.00. The van der Waals surface area contributed by atoms with Crippen molar-refractivity contribution in [3.63, 3.8) is 0 Å². The van der Waals surface area contributed by atoms with Crippen LogP contribution >= 0.6 is 23.5 Å². The van der Waals surface area contributed by atoms with Gasteiger partial charge in [-0.05, 0) is 5.56 Å². The van der Waals surface area contributed by atoms with Crippen LogP contribution in [0.5, 0.6) is 0 Å². The van der Waals surface area contributed by atoms with Gasteiger partial charge < -0.3 is 0 Å². The van der Waals surface area contributed by atoms with E-state index in [1.54, 1.807) is 0 Å². The Bertz CT molecular complexity index is 250. The molecule has 2 atom stereocenters. The maximum absolute atomic E-state index is 2.24. The second kappa shape index (κ2) is 4.43. The monoisotopic (exact) mass is 210 g/mol. The topological polar surface area (TPSA) is 0 Å². The van der Waals surface area contributed by atoms with Crippen LogP contribution in [-0.4, -0.2) is 16.8 Å². The zero-order valence-electron chi connectivity index (χ0n) is 7.77. The first-order chi connectivity index (χ1) is 6.36. The molecular weight excluding hydrogens is 196 g/mol. The number of rotatable bonds is 1. The van der Waals surface area contributed by atoms with Crippen molar-refractivity contribution in [2.75, 3.05) is 11.5 Å². The van der Waals surface area contributed by atoms with Crippen LogP contribution in [0.4, 0.5) is 0 Å². The molecule has 70 valence electrons. The zero-order chi connectivity index (χ0) is 9.10. The van der Waals surface area contributed by atoms with Gasteiger partial charge in [0.1, 0.15) is 0 Å². The predicted octanol–water partition coefficient (Wildman–Crippen LogP) is 3.60. The van der Waals surface area contributed by atoms with Gasteiger partial charge in [0.2, 0.25) is 0 Å². The van der Waals surface area contributed by atoms with Gasteiger partial charge in [-0.15, -0.1) is 0 Å². The Morgan fingerprint density at radius 2 is 1.62 bits per heavy atom. The van der Waals surface area contributed by atoms with Crippen LogP contribution in [0.25, 0.3) is 0 Å². The van der Waals surface area contributed by atoms with Gasteiger partial charge in [0, 0.05) is 22.0 Å². The molecule has 2 aliphatic heterocycles. The average Bonchev–Trinajstić information content (AvgIpc) is 3.00. The Balaban J connectivity index is 0.000000137. The molecule has 2 fully saturated rings. The highest BCUT2D eigenvalue weighted by atomic mass is 32.2. The smallest absolute Gasteiger partial charge is 0.0388 e. The molecule has 0 aromatic heterocycles. The second-order valence-electron chi connectivity index (χ2n) is 3.38. The summed E-state index contributed by atoms with van der Waals surface area (Å²) in [5.41, 5.74) is 1.49. The van der Waals surface area contributed by atoms with E-state index in [0.717, 1.165) is 10.5 Å². The first-order valence-electron chi connectivity index (χ1n) is 4.64. The number of thioether (sulfide) groups is 2. The van der Waals surface area contributed by atoms with E-state index < -0.39 is 0 Å². The van der Waals surface area contributed by atoms with Crippen molar-refractivity contribution in [3.8, 4) is 0 Å². The normalized spacial score (nSPS) is 28.7. The highest BCUT2D eigenvalue weighted by Gasteiger charge is 2.23. The molecule has 0 nitrogen and oxygen atoms in total. The summed E-state index contributed by atoms with van der Waals surface area (Å²) in [5.74, 6) is 2.73. The molecule has 0 amide bonds. The van der Waals surface area contributed by atoms with Crippen molar-refractivity contribution in [2.24, 2.45) is 0 Å². The first-order valence-corrected chi connectivity index (χ1v) is 6.74. The molecule has 0 saturated carbocycles. The van der Waals surface area contributed by atoms with Crippen molar-refractivity contribution < 1.29 is 0 Å². The Morgan fingerprint density at radius 3 is 2.00 bits per heavy atom. The van der Waals surface area contributed by atoms with Gasteiger partial charge in [-0.1, -0.05) is 37.3 Å². The summed E-state index contributed by atoms with van der Waals surface area (Å²) < 4.78 is 0. The minimum absolute atomic E-state index is 0.825. The fourth-order valence-corrected chi connectivity index (χ4v) is 1.84. The summed E-state index contributed by atoms with van der Waals surface area (Å²) >= 11 is 4.04. The van der Waals surface area contributed by atoms with Gasteiger partial charge in [0.05, 0.1) is 0 Å². The van der Waals surface area contributed by atoms with Crippen LogP contribution in [0, 0.1) is 0 Å².